The van der Waals surface area contributed by atoms with Gasteiger partial charge in [0, 0.05) is 33.5 Å². The Kier molecular flexibility index (Phi) is 8.49. The molecule has 29 heavy (non-hydrogen) atoms. The van der Waals surface area contributed by atoms with Crippen molar-refractivity contribution in [2.75, 3.05) is 11.9 Å². The summed E-state index contributed by atoms with van der Waals surface area (Å²) in [5, 5.41) is 10.8. The topological polar surface area (TPSA) is 82.6 Å². The van der Waals surface area contributed by atoms with Gasteiger partial charge in [-0.15, -0.1) is 0 Å². The molecule has 0 unspecified atom stereocenters. The first-order valence-corrected chi connectivity index (χ1v) is 9.96. The maximum atomic E-state index is 11.8. The van der Waals surface area contributed by atoms with Crippen LogP contribution in [-0.2, 0) is 9.59 Å². The third-order valence-corrected chi connectivity index (χ3v) is 4.69. The van der Waals surface area contributed by atoms with Gasteiger partial charge in [-0.05, 0) is 55.2 Å². The molecule has 0 saturated heterocycles. The van der Waals surface area contributed by atoms with Gasteiger partial charge in [0.15, 0.2) is 0 Å². The van der Waals surface area contributed by atoms with Crippen LogP contribution < -0.4 is 16.1 Å². The molecular formula is C21H24Cl2N4O2. The molecule has 154 valence electrons. The minimum absolute atomic E-state index is 0.438. The van der Waals surface area contributed by atoms with Crippen LogP contribution in [0.5, 0.6) is 0 Å². The van der Waals surface area contributed by atoms with Crippen LogP contribution >= 0.6 is 23.2 Å². The second-order valence-electron chi connectivity index (χ2n) is 6.96. The van der Waals surface area contributed by atoms with Gasteiger partial charge in [0.1, 0.15) is 0 Å². The number of aryl methyl sites for hydroxylation is 1. The first kappa shape index (κ1) is 22.7. The van der Waals surface area contributed by atoms with Crippen LogP contribution in [-0.4, -0.2) is 24.6 Å². The number of hydrogen-bond donors (Lipinski definition) is 3. The molecule has 0 aliphatic rings. The van der Waals surface area contributed by atoms with E-state index in [1.54, 1.807) is 18.2 Å². The van der Waals surface area contributed by atoms with Crippen molar-refractivity contribution >= 4 is 52.6 Å². The summed E-state index contributed by atoms with van der Waals surface area (Å²) in [7, 11) is 0. The molecule has 0 aliphatic carbocycles. The fraction of sp³-hybridized carbons (Fsp3) is 0.286. The van der Waals surface area contributed by atoms with Crippen LogP contribution in [0.1, 0.15) is 31.4 Å². The van der Waals surface area contributed by atoms with Crippen molar-refractivity contribution in [1.29, 1.82) is 0 Å². The Labute approximate surface area is 180 Å². The molecule has 2 amide bonds. The normalized spacial score (nSPS) is 11.0. The monoisotopic (exact) mass is 434 g/mol. The van der Waals surface area contributed by atoms with Gasteiger partial charge in [-0.1, -0.05) is 43.1 Å². The van der Waals surface area contributed by atoms with Crippen LogP contribution in [0.4, 0.5) is 11.4 Å². The lowest BCUT2D eigenvalue weighted by molar-refractivity contribution is -0.139. The summed E-state index contributed by atoms with van der Waals surface area (Å²) >= 11 is 12.3. The third-order valence-electron chi connectivity index (χ3n) is 4.05. The largest absolute Gasteiger partial charge is 0.355 e. The minimum Gasteiger partial charge on any atom is -0.355 e. The van der Waals surface area contributed by atoms with E-state index in [4.69, 9.17) is 23.2 Å². The highest BCUT2D eigenvalue weighted by Gasteiger charge is 2.12. The van der Waals surface area contributed by atoms with E-state index in [1.807, 2.05) is 39.0 Å². The number of nitrogens with one attached hydrogen (secondary N) is 3. The summed E-state index contributed by atoms with van der Waals surface area (Å²) in [4.78, 5) is 23.6. The second kappa shape index (κ2) is 10.8. The predicted octanol–water partition coefficient (Wildman–Crippen LogP) is 4.66. The molecule has 0 radical (unpaired) electrons. The summed E-state index contributed by atoms with van der Waals surface area (Å²) in [5.74, 6) is -1.11. The molecule has 0 fully saturated rings. The summed E-state index contributed by atoms with van der Waals surface area (Å²) in [5.41, 5.74) is 5.35. The molecule has 0 aliphatic heterocycles. The molecule has 6 nitrogen and oxygen atoms in total. The van der Waals surface area contributed by atoms with Crippen molar-refractivity contribution < 1.29 is 9.59 Å². The Morgan fingerprint density at radius 3 is 2.55 bits per heavy atom. The standard InChI is InChI=1S/C21H24Cl2N4O2/c1-13(2)8-9-24-20(28)21(29)27-25-12-15-10-16(22)5-7-19(15)26-17-6-4-14(3)18(23)11-17/h4-7,10-13,26H,8-9H2,1-3H3,(H,24,28)(H,27,29)/b25-12-. The molecule has 0 bridgehead atoms. The van der Waals surface area contributed by atoms with Crippen LogP contribution in [0, 0.1) is 12.8 Å². The van der Waals surface area contributed by atoms with Crippen molar-refractivity contribution in [3.8, 4) is 0 Å². The number of hydrogen-bond acceptors (Lipinski definition) is 4. The smallest absolute Gasteiger partial charge is 0.329 e. The van der Waals surface area contributed by atoms with Gasteiger partial charge in [0.25, 0.3) is 0 Å². The first-order chi connectivity index (χ1) is 13.8. The zero-order valence-corrected chi connectivity index (χ0v) is 18.1. The summed E-state index contributed by atoms with van der Waals surface area (Å²) < 4.78 is 0. The van der Waals surface area contributed by atoms with Crippen molar-refractivity contribution in [2.24, 2.45) is 11.0 Å². The van der Waals surface area contributed by atoms with Gasteiger partial charge in [0.2, 0.25) is 0 Å². The third kappa shape index (κ3) is 7.40. The Balaban J connectivity index is 2.04. The van der Waals surface area contributed by atoms with E-state index in [2.05, 4.69) is 21.2 Å². The predicted molar refractivity (Wildman–Crippen MR) is 119 cm³/mol. The maximum Gasteiger partial charge on any atom is 0.329 e. The van der Waals surface area contributed by atoms with Crippen LogP contribution in [0.2, 0.25) is 10.0 Å². The minimum atomic E-state index is -0.827. The fourth-order valence-electron chi connectivity index (χ4n) is 2.35. The Hall–Kier alpha value is -2.57. The fourth-order valence-corrected chi connectivity index (χ4v) is 2.71. The number of benzene rings is 2. The zero-order valence-electron chi connectivity index (χ0n) is 16.6. The SMILES string of the molecule is Cc1ccc(Nc2ccc(Cl)cc2/C=N\NC(=O)C(=O)NCCC(C)C)cc1Cl. The number of amides is 2. The van der Waals surface area contributed by atoms with Crippen LogP contribution in [0.15, 0.2) is 41.5 Å². The quantitative estimate of drug-likeness (QED) is 0.336. The van der Waals surface area contributed by atoms with Gasteiger partial charge in [0.05, 0.1) is 6.21 Å². The second-order valence-corrected chi connectivity index (χ2v) is 7.80. The number of carbonyl (C=O) groups excluding carboxylic acids is 2. The molecule has 0 heterocycles. The molecule has 0 aromatic heterocycles. The van der Waals surface area contributed by atoms with E-state index < -0.39 is 11.8 Å². The molecule has 0 spiro atoms. The van der Waals surface area contributed by atoms with E-state index in [1.165, 1.54) is 6.21 Å². The van der Waals surface area contributed by atoms with Gasteiger partial charge < -0.3 is 10.6 Å². The number of hydrazone groups is 1. The van der Waals surface area contributed by atoms with Crippen molar-refractivity contribution in [3.05, 3.63) is 57.6 Å². The van der Waals surface area contributed by atoms with Crippen molar-refractivity contribution in [1.82, 2.24) is 10.7 Å². The molecule has 0 saturated carbocycles. The van der Waals surface area contributed by atoms with E-state index in [0.29, 0.717) is 33.8 Å². The molecule has 3 N–H and O–H groups in total. The summed E-state index contributed by atoms with van der Waals surface area (Å²) in [6.07, 6.45) is 2.21. The number of anilines is 2. The van der Waals surface area contributed by atoms with E-state index in [0.717, 1.165) is 17.7 Å². The van der Waals surface area contributed by atoms with Gasteiger partial charge in [-0.3, -0.25) is 9.59 Å². The average molecular weight is 435 g/mol. The number of rotatable bonds is 7. The molecular weight excluding hydrogens is 411 g/mol. The van der Waals surface area contributed by atoms with Crippen LogP contribution in [0.25, 0.3) is 0 Å². The van der Waals surface area contributed by atoms with E-state index in [-0.39, 0.29) is 0 Å². The average Bonchev–Trinajstić information content (AvgIpc) is 2.66. The van der Waals surface area contributed by atoms with Crippen molar-refractivity contribution in [2.45, 2.75) is 27.2 Å². The van der Waals surface area contributed by atoms with E-state index >= 15 is 0 Å². The summed E-state index contributed by atoms with van der Waals surface area (Å²) in [6, 6.07) is 10.8. The Bertz CT molecular complexity index is 914. The molecule has 0 atom stereocenters. The van der Waals surface area contributed by atoms with Gasteiger partial charge in [-0.2, -0.15) is 5.10 Å². The Morgan fingerprint density at radius 1 is 1.10 bits per heavy atom. The number of carbonyl (C=O) groups is 2. The summed E-state index contributed by atoms with van der Waals surface area (Å²) in [6.45, 7) is 6.44. The molecule has 2 rings (SSSR count). The van der Waals surface area contributed by atoms with Crippen LogP contribution in [0.3, 0.4) is 0 Å². The lowest BCUT2D eigenvalue weighted by atomic mass is 10.1. The van der Waals surface area contributed by atoms with Gasteiger partial charge >= 0.3 is 11.8 Å². The van der Waals surface area contributed by atoms with Crippen molar-refractivity contribution in [3.63, 3.8) is 0 Å². The molecule has 2 aromatic carbocycles. The molecule has 8 heteroatoms. The van der Waals surface area contributed by atoms with Gasteiger partial charge in [-0.25, -0.2) is 5.43 Å². The highest BCUT2D eigenvalue weighted by atomic mass is 35.5. The highest BCUT2D eigenvalue weighted by Crippen LogP contribution is 2.26. The Morgan fingerprint density at radius 2 is 1.86 bits per heavy atom. The van der Waals surface area contributed by atoms with E-state index in [9.17, 15) is 9.59 Å². The lowest BCUT2D eigenvalue weighted by Crippen LogP contribution is -2.38. The first-order valence-electron chi connectivity index (χ1n) is 9.20. The number of halogens is 2. The highest BCUT2D eigenvalue weighted by molar-refractivity contribution is 6.35. The zero-order chi connectivity index (χ0) is 21.4. The maximum absolute atomic E-state index is 11.8. The molecule has 2 aromatic rings. The lowest BCUT2D eigenvalue weighted by Gasteiger charge is -2.11. The number of nitrogens with zero attached hydrogens (tertiary/aromatic N) is 1.